The van der Waals surface area contributed by atoms with Gasteiger partial charge in [-0.1, -0.05) is 50.9 Å². The second-order valence-electron chi connectivity index (χ2n) is 4.51. The Morgan fingerprint density at radius 3 is 2.62 bits per heavy atom. The zero-order valence-corrected chi connectivity index (χ0v) is 13.2. The monoisotopic (exact) mass is 363 g/mol. The summed E-state index contributed by atoms with van der Waals surface area (Å²) in [6.45, 7) is 0. The SMILES string of the molecule is OC(c1cc(Cl)cc(Br)c1)c1cnnn1-c1ccccc1. The number of halogens is 2. The quantitative estimate of drug-likeness (QED) is 0.770. The minimum atomic E-state index is -0.866. The minimum absolute atomic E-state index is 0.553. The first kappa shape index (κ1) is 14.3. The summed E-state index contributed by atoms with van der Waals surface area (Å²) in [5.74, 6) is 0. The average Bonchev–Trinajstić information content (AvgIpc) is 2.95. The van der Waals surface area contributed by atoms with Crippen molar-refractivity contribution in [1.29, 1.82) is 0 Å². The molecular weight excluding hydrogens is 354 g/mol. The van der Waals surface area contributed by atoms with E-state index in [9.17, 15) is 5.11 Å². The van der Waals surface area contributed by atoms with Gasteiger partial charge in [-0.25, -0.2) is 4.68 Å². The third-order valence-corrected chi connectivity index (χ3v) is 3.73. The molecule has 0 aliphatic heterocycles. The second-order valence-corrected chi connectivity index (χ2v) is 5.86. The first-order valence-corrected chi connectivity index (χ1v) is 7.42. The van der Waals surface area contributed by atoms with E-state index in [1.54, 1.807) is 23.0 Å². The summed E-state index contributed by atoms with van der Waals surface area (Å²) < 4.78 is 2.42. The van der Waals surface area contributed by atoms with Crippen LogP contribution in [0.4, 0.5) is 0 Å². The third-order valence-electron chi connectivity index (χ3n) is 3.06. The second kappa shape index (κ2) is 5.97. The van der Waals surface area contributed by atoms with E-state index in [0.717, 1.165) is 10.2 Å². The van der Waals surface area contributed by atoms with Crippen LogP contribution in [0.15, 0.2) is 59.2 Å². The molecule has 1 N–H and O–H groups in total. The van der Waals surface area contributed by atoms with Gasteiger partial charge >= 0.3 is 0 Å². The molecule has 0 fully saturated rings. The van der Waals surface area contributed by atoms with E-state index in [0.29, 0.717) is 16.3 Å². The molecule has 0 aliphatic carbocycles. The van der Waals surface area contributed by atoms with E-state index in [-0.39, 0.29) is 0 Å². The largest absolute Gasteiger partial charge is 0.382 e. The molecule has 1 heterocycles. The van der Waals surface area contributed by atoms with Crippen molar-refractivity contribution in [3.05, 3.63) is 75.5 Å². The summed E-state index contributed by atoms with van der Waals surface area (Å²) in [6, 6.07) is 14.8. The summed E-state index contributed by atoms with van der Waals surface area (Å²) in [5.41, 5.74) is 2.09. The standard InChI is InChI=1S/C15H11BrClN3O/c16-11-6-10(7-12(17)8-11)15(21)14-9-18-19-20(14)13-4-2-1-3-5-13/h1-9,15,21H. The van der Waals surface area contributed by atoms with Crippen LogP contribution in [-0.4, -0.2) is 20.1 Å². The van der Waals surface area contributed by atoms with Crippen molar-refractivity contribution in [3.63, 3.8) is 0 Å². The predicted molar refractivity (Wildman–Crippen MR) is 84.6 cm³/mol. The van der Waals surface area contributed by atoms with Gasteiger partial charge in [0.25, 0.3) is 0 Å². The molecule has 1 unspecified atom stereocenters. The molecular formula is C15H11BrClN3O. The van der Waals surface area contributed by atoms with Gasteiger partial charge in [-0.3, -0.25) is 0 Å². The lowest BCUT2D eigenvalue weighted by Crippen LogP contribution is -2.08. The molecule has 0 radical (unpaired) electrons. The molecule has 0 bridgehead atoms. The Hall–Kier alpha value is -1.69. The number of benzene rings is 2. The normalized spacial score (nSPS) is 12.3. The van der Waals surface area contributed by atoms with E-state index in [2.05, 4.69) is 26.2 Å². The van der Waals surface area contributed by atoms with Crippen molar-refractivity contribution in [1.82, 2.24) is 15.0 Å². The number of para-hydroxylation sites is 1. The topological polar surface area (TPSA) is 50.9 Å². The van der Waals surface area contributed by atoms with Crippen LogP contribution in [0.2, 0.25) is 5.02 Å². The summed E-state index contributed by atoms with van der Waals surface area (Å²) in [4.78, 5) is 0. The predicted octanol–water partition coefficient (Wildman–Crippen LogP) is 3.76. The van der Waals surface area contributed by atoms with Gasteiger partial charge in [0, 0.05) is 9.50 Å². The fourth-order valence-electron chi connectivity index (χ4n) is 2.10. The van der Waals surface area contributed by atoms with Crippen molar-refractivity contribution >= 4 is 27.5 Å². The molecule has 4 nitrogen and oxygen atoms in total. The zero-order chi connectivity index (χ0) is 14.8. The summed E-state index contributed by atoms with van der Waals surface area (Å²) >= 11 is 9.41. The highest BCUT2D eigenvalue weighted by atomic mass is 79.9. The van der Waals surface area contributed by atoms with Crippen LogP contribution >= 0.6 is 27.5 Å². The van der Waals surface area contributed by atoms with Gasteiger partial charge in [0.15, 0.2) is 0 Å². The molecule has 3 aromatic rings. The van der Waals surface area contributed by atoms with Crippen LogP contribution in [0, 0.1) is 0 Å². The fourth-order valence-corrected chi connectivity index (χ4v) is 2.99. The van der Waals surface area contributed by atoms with Gasteiger partial charge in [0.2, 0.25) is 0 Å². The Labute approximate surface area is 135 Å². The Kier molecular flexibility index (Phi) is 4.05. The number of rotatable bonds is 3. The van der Waals surface area contributed by atoms with Crippen LogP contribution in [0.5, 0.6) is 0 Å². The fraction of sp³-hybridized carbons (Fsp3) is 0.0667. The maximum atomic E-state index is 10.6. The van der Waals surface area contributed by atoms with Crippen molar-refractivity contribution < 1.29 is 5.11 Å². The number of aliphatic hydroxyl groups is 1. The highest BCUT2D eigenvalue weighted by Crippen LogP contribution is 2.28. The Morgan fingerprint density at radius 2 is 1.90 bits per heavy atom. The Morgan fingerprint density at radius 1 is 1.14 bits per heavy atom. The van der Waals surface area contributed by atoms with Gasteiger partial charge in [0.05, 0.1) is 17.6 Å². The Bertz CT molecular complexity index is 740. The lowest BCUT2D eigenvalue weighted by atomic mass is 10.1. The molecule has 0 aliphatic rings. The molecule has 0 spiro atoms. The third kappa shape index (κ3) is 3.00. The van der Waals surface area contributed by atoms with Crippen molar-refractivity contribution in [2.24, 2.45) is 0 Å². The zero-order valence-electron chi connectivity index (χ0n) is 10.8. The van der Waals surface area contributed by atoms with Crippen molar-refractivity contribution in [2.75, 3.05) is 0 Å². The highest BCUT2D eigenvalue weighted by Gasteiger charge is 2.18. The summed E-state index contributed by atoms with van der Waals surface area (Å²) in [5, 5.41) is 19.1. The summed E-state index contributed by atoms with van der Waals surface area (Å²) in [7, 11) is 0. The number of aliphatic hydroxyl groups excluding tert-OH is 1. The first-order valence-electron chi connectivity index (χ1n) is 6.25. The number of hydrogen-bond acceptors (Lipinski definition) is 3. The van der Waals surface area contributed by atoms with Crippen LogP contribution < -0.4 is 0 Å². The van der Waals surface area contributed by atoms with Gasteiger partial charge < -0.3 is 5.11 Å². The van der Waals surface area contributed by atoms with Crippen LogP contribution in [0.25, 0.3) is 5.69 Å². The van der Waals surface area contributed by atoms with Crippen molar-refractivity contribution in [3.8, 4) is 5.69 Å². The lowest BCUT2D eigenvalue weighted by Gasteiger charge is -2.13. The molecule has 21 heavy (non-hydrogen) atoms. The highest BCUT2D eigenvalue weighted by molar-refractivity contribution is 9.10. The molecule has 3 rings (SSSR count). The van der Waals surface area contributed by atoms with Crippen molar-refractivity contribution in [2.45, 2.75) is 6.10 Å². The van der Waals surface area contributed by atoms with E-state index in [1.807, 2.05) is 36.4 Å². The number of hydrogen-bond donors (Lipinski definition) is 1. The molecule has 0 amide bonds. The molecule has 6 heteroatoms. The smallest absolute Gasteiger partial charge is 0.123 e. The van der Waals surface area contributed by atoms with E-state index >= 15 is 0 Å². The van der Waals surface area contributed by atoms with Gasteiger partial charge in [-0.05, 0) is 35.9 Å². The number of aromatic nitrogens is 3. The van der Waals surface area contributed by atoms with E-state index in [1.165, 1.54) is 0 Å². The summed E-state index contributed by atoms with van der Waals surface area (Å²) in [6.07, 6.45) is 0.683. The molecule has 1 aromatic heterocycles. The van der Waals surface area contributed by atoms with Gasteiger partial charge in [-0.15, -0.1) is 5.10 Å². The molecule has 106 valence electrons. The molecule has 0 saturated heterocycles. The molecule has 0 saturated carbocycles. The van der Waals surface area contributed by atoms with Gasteiger partial charge in [0.1, 0.15) is 6.10 Å². The molecule has 1 atom stereocenters. The lowest BCUT2D eigenvalue weighted by molar-refractivity contribution is 0.212. The maximum absolute atomic E-state index is 10.6. The average molecular weight is 365 g/mol. The maximum Gasteiger partial charge on any atom is 0.123 e. The minimum Gasteiger partial charge on any atom is -0.382 e. The Balaban J connectivity index is 2.03. The van der Waals surface area contributed by atoms with E-state index < -0.39 is 6.10 Å². The van der Waals surface area contributed by atoms with Crippen LogP contribution in [0.1, 0.15) is 17.4 Å². The molecule has 2 aromatic carbocycles. The number of nitrogens with zero attached hydrogens (tertiary/aromatic N) is 3. The van der Waals surface area contributed by atoms with Crippen LogP contribution in [-0.2, 0) is 0 Å². The van der Waals surface area contributed by atoms with Gasteiger partial charge in [-0.2, -0.15) is 0 Å². The van der Waals surface area contributed by atoms with Crippen LogP contribution in [0.3, 0.4) is 0 Å². The van der Waals surface area contributed by atoms with E-state index in [4.69, 9.17) is 11.6 Å². The first-order chi connectivity index (χ1) is 10.1.